The third kappa shape index (κ3) is 4.38. The number of hydrogen-bond acceptors (Lipinski definition) is 3. The van der Waals surface area contributed by atoms with Crippen molar-refractivity contribution in [3.63, 3.8) is 0 Å². The molecule has 17 heavy (non-hydrogen) atoms. The van der Waals surface area contributed by atoms with Crippen molar-refractivity contribution >= 4 is 15.5 Å². The molecule has 0 aliphatic heterocycles. The molecule has 0 aliphatic rings. The predicted molar refractivity (Wildman–Crippen MR) is 72.2 cm³/mol. The molecule has 0 fully saturated rings. The van der Waals surface area contributed by atoms with Crippen molar-refractivity contribution in [1.82, 2.24) is 0 Å². The zero-order valence-electron chi connectivity index (χ0n) is 10.6. The average Bonchev–Trinajstić information content (AvgIpc) is 2.30. The number of sulfone groups is 1. The van der Waals surface area contributed by atoms with E-state index < -0.39 is 9.84 Å². The van der Waals surface area contributed by atoms with Crippen LogP contribution in [0, 0.1) is 0 Å². The molecule has 0 bridgehead atoms. The van der Waals surface area contributed by atoms with Crippen molar-refractivity contribution in [2.75, 3.05) is 17.6 Å². The summed E-state index contributed by atoms with van der Waals surface area (Å²) in [6.07, 6.45) is 2.92. The predicted octanol–water partition coefficient (Wildman–Crippen LogP) is 3.08. The highest BCUT2D eigenvalue weighted by atomic mass is 32.2. The van der Waals surface area contributed by atoms with Gasteiger partial charge in [-0.05, 0) is 37.1 Å². The van der Waals surface area contributed by atoms with Crippen LogP contribution >= 0.6 is 0 Å². The van der Waals surface area contributed by atoms with Crippen LogP contribution in [0.2, 0.25) is 0 Å². The maximum absolute atomic E-state index is 11.8. The summed E-state index contributed by atoms with van der Waals surface area (Å²) in [7, 11) is -3.08. The summed E-state index contributed by atoms with van der Waals surface area (Å²) >= 11 is 0. The van der Waals surface area contributed by atoms with E-state index in [-0.39, 0.29) is 5.75 Å². The van der Waals surface area contributed by atoms with Crippen molar-refractivity contribution < 1.29 is 8.42 Å². The summed E-state index contributed by atoms with van der Waals surface area (Å²) in [5.41, 5.74) is 0.980. The molecule has 0 spiro atoms. The van der Waals surface area contributed by atoms with Crippen LogP contribution in [0.5, 0.6) is 0 Å². The zero-order valence-corrected chi connectivity index (χ0v) is 11.4. The van der Waals surface area contributed by atoms with Crippen LogP contribution in [0.3, 0.4) is 0 Å². The molecule has 0 aromatic heterocycles. The Morgan fingerprint density at radius 3 is 2.24 bits per heavy atom. The van der Waals surface area contributed by atoms with Gasteiger partial charge >= 0.3 is 0 Å². The van der Waals surface area contributed by atoms with Crippen molar-refractivity contribution in [2.24, 2.45) is 0 Å². The van der Waals surface area contributed by atoms with Crippen molar-refractivity contribution in [2.45, 2.75) is 38.0 Å². The molecule has 0 saturated heterocycles. The van der Waals surface area contributed by atoms with E-state index in [1.165, 1.54) is 0 Å². The molecule has 0 unspecified atom stereocenters. The summed E-state index contributed by atoms with van der Waals surface area (Å²) < 4.78 is 23.6. The molecule has 1 N–H and O–H groups in total. The monoisotopic (exact) mass is 255 g/mol. The minimum absolute atomic E-state index is 0.218. The highest BCUT2D eigenvalue weighted by Crippen LogP contribution is 2.16. The Balaban J connectivity index is 2.68. The average molecular weight is 255 g/mol. The van der Waals surface area contributed by atoms with Gasteiger partial charge in [-0.3, -0.25) is 0 Å². The van der Waals surface area contributed by atoms with Gasteiger partial charge in [-0.25, -0.2) is 8.42 Å². The Morgan fingerprint density at radius 2 is 1.71 bits per heavy atom. The topological polar surface area (TPSA) is 46.2 Å². The van der Waals surface area contributed by atoms with Gasteiger partial charge in [-0.1, -0.05) is 20.3 Å². The fraction of sp³-hybridized carbons (Fsp3) is 0.538. The first kappa shape index (κ1) is 14.0. The third-order valence-corrected chi connectivity index (χ3v) is 4.48. The lowest BCUT2D eigenvalue weighted by Gasteiger charge is -2.07. The number of benzene rings is 1. The van der Waals surface area contributed by atoms with E-state index in [1.54, 1.807) is 12.1 Å². The second-order valence-corrected chi connectivity index (χ2v) is 6.23. The molecule has 0 atom stereocenters. The molecule has 1 aromatic carbocycles. The minimum Gasteiger partial charge on any atom is -0.385 e. The van der Waals surface area contributed by atoms with E-state index in [0.717, 1.165) is 25.1 Å². The Bertz CT molecular complexity index is 423. The van der Waals surface area contributed by atoms with E-state index in [9.17, 15) is 8.42 Å². The lowest BCUT2D eigenvalue weighted by atomic mass is 10.3. The molecule has 1 rings (SSSR count). The zero-order chi connectivity index (χ0) is 12.7. The first-order chi connectivity index (χ1) is 8.10. The summed E-state index contributed by atoms with van der Waals surface area (Å²) in [5, 5.41) is 3.26. The van der Waals surface area contributed by atoms with Crippen molar-refractivity contribution in [3.8, 4) is 0 Å². The van der Waals surface area contributed by atoms with Gasteiger partial charge in [0.25, 0.3) is 0 Å². The number of hydrogen-bond donors (Lipinski definition) is 1. The fourth-order valence-corrected chi connectivity index (χ4v) is 2.90. The van der Waals surface area contributed by atoms with Crippen LogP contribution in [0.1, 0.15) is 33.1 Å². The van der Waals surface area contributed by atoms with Crippen LogP contribution in [0.15, 0.2) is 29.2 Å². The standard InChI is InChI=1S/C13H21NO2S/c1-3-5-10-14-12-6-8-13(9-7-12)17(15,16)11-4-2/h6-9,14H,3-5,10-11H2,1-2H3. The lowest BCUT2D eigenvalue weighted by molar-refractivity contribution is 0.595. The van der Waals surface area contributed by atoms with Gasteiger partial charge in [-0.2, -0.15) is 0 Å². The smallest absolute Gasteiger partial charge is 0.178 e. The number of anilines is 1. The maximum atomic E-state index is 11.8. The van der Waals surface area contributed by atoms with Gasteiger partial charge < -0.3 is 5.32 Å². The Morgan fingerprint density at radius 1 is 1.06 bits per heavy atom. The van der Waals surface area contributed by atoms with Crippen LogP contribution in [0.25, 0.3) is 0 Å². The van der Waals surface area contributed by atoms with E-state index in [0.29, 0.717) is 11.3 Å². The van der Waals surface area contributed by atoms with Gasteiger partial charge in [0.15, 0.2) is 9.84 Å². The second-order valence-electron chi connectivity index (χ2n) is 4.12. The molecule has 3 nitrogen and oxygen atoms in total. The molecule has 4 heteroatoms. The summed E-state index contributed by atoms with van der Waals surface area (Å²) in [5.74, 6) is 0.218. The van der Waals surface area contributed by atoms with Gasteiger partial charge in [0.1, 0.15) is 0 Å². The van der Waals surface area contributed by atoms with Crippen LogP contribution in [-0.4, -0.2) is 20.7 Å². The SMILES string of the molecule is CCCCNc1ccc(S(=O)(=O)CCC)cc1. The van der Waals surface area contributed by atoms with Crippen molar-refractivity contribution in [1.29, 1.82) is 0 Å². The van der Waals surface area contributed by atoms with Gasteiger partial charge in [0, 0.05) is 12.2 Å². The summed E-state index contributed by atoms with van der Waals surface area (Å²) in [6, 6.07) is 7.02. The van der Waals surface area contributed by atoms with E-state index >= 15 is 0 Å². The Hall–Kier alpha value is -1.03. The quantitative estimate of drug-likeness (QED) is 0.762. The minimum atomic E-state index is -3.08. The largest absolute Gasteiger partial charge is 0.385 e. The second kappa shape index (κ2) is 6.64. The van der Waals surface area contributed by atoms with E-state index in [4.69, 9.17) is 0 Å². The third-order valence-electron chi connectivity index (χ3n) is 2.55. The molecule has 0 heterocycles. The van der Waals surface area contributed by atoms with Gasteiger partial charge in [0.2, 0.25) is 0 Å². The maximum Gasteiger partial charge on any atom is 0.178 e. The molecule has 96 valence electrons. The molecular formula is C13H21NO2S. The lowest BCUT2D eigenvalue weighted by Crippen LogP contribution is -2.06. The normalized spacial score (nSPS) is 11.4. The van der Waals surface area contributed by atoms with E-state index in [1.807, 2.05) is 19.1 Å². The summed E-state index contributed by atoms with van der Waals surface area (Å²) in [6.45, 7) is 4.94. The molecule has 1 aromatic rings. The molecule has 0 saturated carbocycles. The Kier molecular flexibility index (Phi) is 5.48. The fourth-order valence-electron chi connectivity index (χ4n) is 1.58. The molecule has 0 amide bonds. The highest BCUT2D eigenvalue weighted by Gasteiger charge is 2.12. The van der Waals surface area contributed by atoms with Crippen LogP contribution < -0.4 is 5.32 Å². The Labute approximate surface area is 104 Å². The first-order valence-corrected chi connectivity index (χ1v) is 7.82. The van der Waals surface area contributed by atoms with Crippen molar-refractivity contribution in [3.05, 3.63) is 24.3 Å². The first-order valence-electron chi connectivity index (χ1n) is 6.17. The van der Waals surface area contributed by atoms with Gasteiger partial charge in [0.05, 0.1) is 10.6 Å². The summed E-state index contributed by atoms with van der Waals surface area (Å²) in [4.78, 5) is 0.417. The van der Waals surface area contributed by atoms with Crippen LogP contribution in [0.4, 0.5) is 5.69 Å². The molecule has 0 radical (unpaired) electrons. The number of rotatable bonds is 7. The van der Waals surface area contributed by atoms with Gasteiger partial charge in [-0.15, -0.1) is 0 Å². The number of unbranched alkanes of at least 4 members (excludes halogenated alkanes) is 1. The molecular weight excluding hydrogens is 234 g/mol. The highest BCUT2D eigenvalue weighted by molar-refractivity contribution is 7.91. The van der Waals surface area contributed by atoms with Crippen LogP contribution in [-0.2, 0) is 9.84 Å². The van der Waals surface area contributed by atoms with E-state index in [2.05, 4.69) is 12.2 Å². The molecule has 0 aliphatic carbocycles. The number of nitrogens with one attached hydrogen (secondary N) is 1.